The van der Waals surface area contributed by atoms with E-state index in [0.717, 1.165) is 0 Å². The third-order valence-electron chi connectivity index (χ3n) is 2.24. The zero-order chi connectivity index (χ0) is 12.7. The van der Waals surface area contributed by atoms with Crippen LogP contribution in [0.4, 0.5) is 5.82 Å². The smallest absolute Gasteiger partial charge is 0.550 e. The van der Waals surface area contributed by atoms with Gasteiger partial charge in [-0.1, -0.05) is 6.07 Å². The molecule has 6 nitrogen and oxygen atoms in total. The molecule has 2 N–H and O–H groups in total. The first-order valence-electron chi connectivity index (χ1n) is 5.29. The summed E-state index contributed by atoms with van der Waals surface area (Å²) in [6, 6.07) is 3.28. The number of anilines is 1. The summed E-state index contributed by atoms with van der Waals surface area (Å²) in [6.07, 6.45) is 1.30. The molecule has 18 heavy (non-hydrogen) atoms. The number of aliphatic hydroxyl groups excluding tert-OH is 2. The molecule has 94 valence electrons. The van der Waals surface area contributed by atoms with Crippen molar-refractivity contribution in [2.75, 3.05) is 31.2 Å². The Labute approximate surface area is 128 Å². The van der Waals surface area contributed by atoms with Crippen LogP contribution in [0, 0.1) is 0 Å². The summed E-state index contributed by atoms with van der Waals surface area (Å²) in [5.41, 5.74) is 0.509. The Hall–Kier alpha value is -0.660. The second-order valence-corrected chi connectivity index (χ2v) is 3.47. The van der Waals surface area contributed by atoms with Crippen LogP contribution in [0.15, 0.2) is 18.3 Å². The number of carbonyl (C=O) groups excluding carboxylic acids is 1. The Morgan fingerprint density at radius 2 is 1.94 bits per heavy atom. The van der Waals surface area contributed by atoms with Crippen LogP contribution in [0.1, 0.15) is 5.56 Å². The topological polar surface area (TPSA) is 96.7 Å². The predicted molar refractivity (Wildman–Crippen MR) is 59.3 cm³/mol. The van der Waals surface area contributed by atoms with Gasteiger partial charge in [0.25, 0.3) is 0 Å². The third-order valence-corrected chi connectivity index (χ3v) is 2.24. The van der Waals surface area contributed by atoms with Gasteiger partial charge in [0.05, 0.1) is 13.2 Å². The molecule has 1 heterocycles. The Bertz CT molecular complexity index is 370. The van der Waals surface area contributed by atoms with E-state index in [1.165, 1.54) is 6.20 Å². The van der Waals surface area contributed by atoms with Crippen molar-refractivity contribution in [1.29, 1.82) is 0 Å². The average molecular weight is 262 g/mol. The molecule has 0 saturated carbocycles. The van der Waals surface area contributed by atoms with Gasteiger partial charge in [0.15, 0.2) is 0 Å². The van der Waals surface area contributed by atoms with E-state index in [4.69, 9.17) is 10.2 Å². The van der Waals surface area contributed by atoms with Gasteiger partial charge in [0.2, 0.25) is 0 Å². The number of aliphatic carboxylic acids is 1. The van der Waals surface area contributed by atoms with Gasteiger partial charge in [-0.05, 0) is 6.07 Å². The molecule has 1 aromatic rings. The van der Waals surface area contributed by atoms with Crippen LogP contribution in [0.3, 0.4) is 0 Å². The van der Waals surface area contributed by atoms with Crippen LogP contribution in [-0.4, -0.2) is 47.5 Å². The first kappa shape index (κ1) is 17.3. The molecule has 7 heteroatoms. The quantitative estimate of drug-likeness (QED) is 0.479. The molecular formula is C11H15N2NaO4. The molecule has 0 aliphatic rings. The Kier molecular flexibility index (Phi) is 8.95. The van der Waals surface area contributed by atoms with Gasteiger partial charge in [-0.3, -0.25) is 0 Å². The van der Waals surface area contributed by atoms with Crippen molar-refractivity contribution in [1.82, 2.24) is 4.98 Å². The number of aliphatic hydroxyl groups is 2. The van der Waals surface area contributed by atoms with Crippen molar-refractivity contribution >= 4 is 11.8 Å². The number of pyridine rings is 1. The monoisotopic (exact) mass is 262 g/mol. The largest absolute Gasteiger partial charge is 1.00 e. The van der Waals surface area contributed by atoms with E-state index in [2.05, 4.69) is 4.98 Å². The van der Waals surface area contributed by atoms with Gasteiger partial charge in [-0.15, -0.1) is 0 Å². The molecule has 0 atom stereocenters. The molecule has 0 unspecified atom stereocenters. The number of rotatable bonds is 7. The number of hydrogen-bond acceptors (Lipinski definition) is 6. The number of carbonyl (C=O) groups is 1. The second kappa shape index (κ2) is 9.29. The molecule has 0 amide bonds. The SMILES string of the molecule is O=C([O-])Cc1cccnc1N(CCO)CCO.[Na+]. The summed E-state index contributed by atoms with van der Waals surface area (Å²) >= 11 is 0. The molecule has 1 rings (SSSR count). The zero-order valence-corrected chi connectivity index (χ0v) is 12.4. The van der Waals surface area contributed by atoms with Crippen LogP contribution in [0.25, 0.3) is 0 Å². The Morgan fingerprint density at radius 1 is 1.33 bits per heavy atom. The average Bonchev–Trinajstić information content (AvgIpc) is 2.29. The van der Waals surface area contributed by atoms with Crippen LogP contribution >= 0.6 is 0 Å². The van der Waals surface area contributed by atoms with Gasteiger partial charge in [0.1, 0.15) is 5.82 Å². The minimum atomic E-state index is -1.19. The molecule has 0 fully saturated rings. The van der Waals surface area contributed by atoms with Gasteiger partial charge in [-0.2, -0.15) is 0 Å². The molecule has 0 spiro atoms. The minimum Gasteiger partial charge on any atom is -0.550 e. The zero-order valence-electron chi connectivity index (χ0n) is 10.4. The number of carboxylic acid groups (broad SMARTS) is 1. The third kappa shape index (κ3) is 5.32. The molecule has 0 bridgehead atoms. The Morgan fingerprint density at radius 3 is 2.44 bits per heavy atom. The molecule has 0 aromatic carbocycles. The van der Waals surface area contributed by atoms with Crippen molar-refractivity contribution in [2.24, 2.45) is 0 Å². The van der Waals surface area contributed by atoms with E-state index in [-0.39, 0.29) is 62.3 Å². The van der Waals surface area contributed by atoms with E-state index in [1.807, 2.05) is 0 Å². The second-order valence-electron chi connectivity index (χ2n) is 3.47. The van der Waals surface area contributed by atoms with Crippen LogP contribution in [0.5, 0.6) is 0 Å². The van der Waals surface area contributed by atoms with E-state index >= 15 is 0 Å². The van der Waals surface area contributed by atoms with Crippen molar-refractivity contribution in [3.05, 3.63) is 23.9 Å². The van der Waals surface area contributed by atoms with Gasteiger partial charge < -0.3 is 25.0 Å². The first-order chi connectivity index (χ1) is 8.19. The molecule has 0 aliphatic carbocycles. The Balaban J connectivity index is 0.00000289. The van der Waals surface area contributed by atoms with Crippen molar-refractivity contribution in [3.8, 4) is 0 Å². The maximum absolute atomic E-state index is 10.6. The van der Waals surface area contributed by atoms with E-state index in [9.17, 15) is 9.90 Å². The number of hydrogen-bond donors (Lipinski definition) is 2. The summed E-state index contributed by atoms with van der Waals surface area (Å²) in [7, 11) is 0. The molecular weight excluding hydrogens is 247 g/mol. The molecule has 1 aromatic heterocycles. The standard InChI is InChI=1S/C11H16N2O4.Na/c14-6-4-13(5-7-15)11-9(8-10(16)17)2-1-3-12-11;/h1-3,14-15H,4-8H2,(H,16,17);/q;+1/p-1. The van der Waals surface area contributed by atoms with Crippen molar-refractivity contribution in [2.45, 2.75) is 6.42 Å². The van der Waals surface area contributed by atoms with Crippen molar-refractivity contribution in [3.63, 3.8) is 0 Å². The maximum atomic E-state index is 10.6. The fourth-order valence-electron chi connectivity index (χ4n) is 1.57. The van der Waals surface area contributed by atoms with Gasteiger partial charge >= 0.3 is 29.6 Å². The van der Waals surface area contributed by atoms with E-state index in [1.54, 1.807) is 17.0 Å². The summed E-state index contributed by atoms with van der Waals surface area (Å²) < 4.78 is 0. The van der Waals surface area contributed by atoms with Gasteiger partial charge in [-0.25, -0.2) is 4.98 Å². The molecule has 0 saturated heterocycles. The first-order valence-corrected chi connectivity index (χ1v) is 5.29. The summed E-state index contributed by atoms with van der Waals surface area (Å²) in [5.74, 6) is -0.730. The van der Waals surface area contributed by atoms with Crippen LogP contribution in [0.2, 0.25) is 0 Å². The van der Waals surface area contributed by atoms with E-state index < -0.39 is 5.97 Å². The van der Waals surface area contributed by atoms with Crippen LogP contribution < -0.4 is 39.6 Å². The van der Waals surface area contributed by atoms with E-state index in [0.29, 0.717) is 11.4 Å². The fraction of sp³-hybridized carbons (Fsp3) is 0.455. The molecule has 0 aliphatic heterocycles. The predicted octanol–water partition coefficient (Wildman–Crippen LogP) is -4.83. The number of carboxylic acids is 1. The summed E-state index contributed by atoms with van der Waals surface area (Å²) in [5, 5.41) is 28.4. The van der Waals surface area contributed by atoms with Crippen molar-refractivity contribution < 1.29 is 49.7 Å². The number of nitrogens with zero attached hydrogens (tertiary/aromatic N) is 2. The number of aromatic nitrogens is 1. The summed E-state index contributed by atoms with van der Waals surface area (Å²) in [6.45, 7) is 0.387. The van der Waals surface area contributed by atoms with Gasteiger partial charge in [0, 0.05) is 37.2 Å². The molecule has 0 radical (unpaired) electrons. The maximum Gasteiger partial charge on any atom is 1.00 e. The summed E-state index contributed by atoms with van der Waals surface area (Å²) in [4.78, 5) is 16.3. The van der Waals surface area contributed by atoms with Crippen LogP contribution in [-0.2, 0) is 11.2 Å². The fourth-order valence-corrected chi connectivity index (χ4v) is 1.57. The normalized spacial score (nSPS) is 9.67. The minimum absolute atomic E-state index is 0.